The van der Waals surface area contributed by atoms with Crippen molar-refractivity contribution < 1.29 is 9.59 Å². The Bertz CT molecular complexity index is 998. The number of rotatable bonds is 5. The van der Waals surface area contributed by atoms with E-state index in [4.69, 9.17) is 5.10 Å². The highest BCUT2D eigenvalue weighted by Crippen LogP contribution is 2.42. The Labute approximate surface area is 163 Å². The van der Waals surface area contributed by atoms with E-state index in [0.717, 1.165) is 28.3 Å². The fourth-order valence-electron chi connectivity index (χ4n) is 4.05. The molecule has 0 saturated heterocycles. The first kappa shape index (κ1) is 18.0. The van der Waals surface area contributed by atoms with E-state index in [1.165, 1.54) is 0 Å². The number of benzene rings is 2. The minimum Gasteiger partial charge on any atom is -0.346 e. The van der Waals surface area contributed by atoms with Crippen molar-refractivity contribution in [3.63, 3.8) is 0 Å². The molecule has 6 heteroatoms. The Morgan fingerprint density at radius 2 is 1.71 bits per heavy atom. The van der Waals surface area contributed by atoms with Crippen LogP contribution in [0.1, 0.15) is 29.7 Å². The highest BCUT2D eigenvalue weighted by molar-refractivity contribution is 6.02. The molecule has 1 N–H and O–H groups in total. The van der Waals surface area contributed by atoms with Crippen LogP contribution in [0.5, 0.6) is 0 Å². The second-order valence-corrected chi connectivity index (χ2v) is 6.80. The highest BCUT2D eigenvalue weighted by Gasteiger charge is 2.44. The number of nitrogens with one attached hydrogen (secondary N) is 1. The molecule has 6 nitrogen and oxygen atoms in total. The number of aromatic nitrogens is 2. The van der Waals surface area contributed by atoms with Gasteiger partial charge in [-0.15, -0.1) is 0 Å². The summed E-state index contributed by atoms with van der Waals surface area (Å²) in [6.07, 6.45) is 0.605. The predicted octanol–water partition coefficient (Wildman–Crippen LogP) is 2.79. The summed E-state index contributed by atoms with van der Waals surface area (Å²) in [6.45, 7) is 4.37. The lowest BCUT2D eigenvalue weighted by atomic mass is 9.81. The van der Waals surface area contributed by atoms with E-state index in [2.05, 4.69) is 5.32 Å². The zero-order valence-corrected chi connectivity index (χ0v) is 15.9. The summed E-state index contributed by atoms with van der Waals surface area (Å²) >= 11 is 0. The molecule has 2 aromatic carbocycles. The maximum absolute atomic E-state index is 13.3. The number of para-hydroxylation sites is 1. The number of hydrogen-bond acceptors (Lipinski definition) is 3. The molecular formula is C22H22N4O2. The summed E-state index contributed by atoms with van der Waals surface area (Å²) < 4.78 is 1.83. The van der Waals surface area contributed by atoms with Gasteiger partial charge in [0.05, 0.1) is 11.4 Å². The smallest absolute Gasteiger partial charge is 0.251 e. The van der Waals surface area contributed by atoms with E-state index < -0.39 is 6.04 Å². The summed E-state index contributed by atoms with van der Waals surface area (Å²) in [6, 6.07) is 18.9. The zero-order valence-electron chi connectivity index (χ0n) is 15.9. The first-order valence-corrected chi connectivity index (χ1v) is 9.38. The van der Waals surface area contributed by atoms with Gasteiger partial charge in [0.15, 0.2) is 0 Å². The minimum atomic E-state index is -0.667. The molecular weight excluding hydrogens is 352 g/mol. The van der Waals surface area contributed by atoms with Crippen molar-refractivity contribution >= 4 is 18.1 Å². The molecule has 28 heavy (non-hydrogen) atoms. The molecule has 0 aliphatic carbocycles. The van der Waals surface area contributed by atoms with Gasteiger partial charge < -0.3 is 5.32 Å². The van der Waals surface area contributed by atoms with Crippen LogP contribution in [-0.4, -0.2) is 34.7 Å². The maximum atomic E-state index is 13.3. The summed E-state index contributed by atoms with van der Waals surface area (Å²) in [5.74, 6) is 0.344. The van der Waals surface area contributed by atoms with Crippen LogP contribution in [0.25, 0.3) is 5.69 Å². The summed E-state index contributed by atoms with van der Waals surface area (Å²) in [5, 5.41) is 7.53. The molecule has 0 fully saturated rings. The molecule has 0 saturated carbocycles. The van der Waals surface area contributed by atoms with Gasteiger partial charge in [-0.1, -0.05) is 48.5 Å². The van der Waals surface area contributed by atoms with E-state index in [-0.39, 0.29) is 11.8 Å². The van der Waals surface area contributed by atoms with Gasteiger partial charge in [0.1, 0.15) is 11.9 Å². The number of carbonyl (C=O) groups excluding carboxylic acids is 2. The lowest BCUT2D eigenvalue weighted by molar-refractivity contribution is -0.123. The molecule has 0 spiro atoms. The molecule has 0 bridgehead atoms. The average Bonchev–Trinajstić information content (AvgIpc) is 3.07. The van der Waals surface area contributed by atoms with E-state index >= 15 is 0 Å². The quantitative estimate of drug-likeness (QED) is 0.699. The minimum absolute atomic E-state index is 0.131. The molecule has 0 unspecified atom stereocenters. The number of nitrogens with zero attached hydrogens (tertiary/aromatic N) is 3. The van der Waals surface area contributed by atoms with Crippen LogP contribution >= 0.6 is 0 Å². The van der Waals surface area contributed by atoms with Gasteiger partial charge >= 0.3 is 0 Å². The average molecular weight is 374 g/mol. The van der Waals surface area contributed by atoms with Crippen molar-refractivity contribution in [3.05, 3.63) is 77.5 Å². The van der Waals surface area contributed by atoms with Crippen molar-refractivity contribution in [2.75, 3.05) is 11.4 Å². The van der Waals surface area contributed by atoms with Crippen LogP contribution in [-0.2, 0) is 9.59 Å². The Kier molecular flexibility index (Phi) is 4.69. The van der Waals surface area contributed by atoms with Gasteiger partial charge in [0, 0.05) is 18.0 Å². The second-order valence-electron chi connectivity index (χ2n) is 6.80. The van der Waals surface area contributed by atoms with Gasteiger partial charge in [-0.05, 0) is 31.5 Å². The van der Waals surface area contributed by atoms with E-state index in [1.807, 2.05) is 79.2 Å². The molecule has 142 valence electrons. The normalized spacial score (nSPS) is 18.6. The molecule has 0 radical (unpaired) electrons. The number of fused-ring (bicyclic) bond motifs is 1. The van der Waals surface area contributed by atoms with Gasteiger partial charge in [-0.2, -0.15) is 5.10 Å². The van der Waals surface area contributed by atoms with Crippen LogP contribution in [0.15, 0.2) is 60.7 Å². The third kappa shape index (κ3) is 2.78. The van der Waals surface area contributed by atoms with Crippen LogP contribution in [0, 0.1) is 6.92 Å². The van der Waals surface area contributed by atoms with E-state index in [9.17, 15) is 9.59 Å². The molecule has 4 rings (SSSR count). The lowest BCUT2D eigenvalue weighted by Crippen LogP contribution is -2.53. The number of anilines is 1. The Morgan fingerprint density at radius 1 is 1.07 bits per heavy atom. The van der Waals surface area contributed by atoms with Crippen molar-refractivity contribution in [2.45, 2.75) is 25.8 Å². The van der Waals surface area contributed by atoms with Crippen LogP contribution in [0.3, 0.4) is 0 Å². The third-order valence-electron chi connectivity index (χ3n) is 5.24. The molecule has 1 aliphatic heterocycles. The van der Waals surface area contributed by atoms with Crippen molar-refractivity contribution in [2.24, 2.45) is 0 Å². The zero-order chi connectivity index (χ0) is 19.7. The van der Waals surface area contributed by atoms with E-state index in [1.54, 1.807) is 4.90 Å². The molecule has 1 aromatic heterocycles. The number of amides is 2. The number of hydrogen-bond donors (Lipinski definition) is 1. The fraction of sp³-hybridized carbons (Fsp3) is 0.227. The Hall–Kier alpha value is -3.41. The predicted molar refractivity (Wildman–Crippen MR) is 108 cm³/mol. The third-order valence-corrected chi connectivity index (χ3v) is 5.24. The maximum Gasteiger partial charge on any atom is 0.251 e. The van der Waals surface area contributed by atoms with Gasteiger partial charge in [0.2, 0.25) is 6.41 Å². The second kappa shape index (κ2) is 7.31. The monoisotopic (exact) mass is 374 g/mol. The van der Waals surface area contributed by atoms with Crippen molar-refractivity contribution in [1.29, 1.82) is 0 Å². The van der Waals surface area contributed by atoms with Crippen LogP contribution in [0.2, 0.25) is 0 Å². The SMILES string of the molecule is CCN1C(=O)[C@@H](NC=O)[C@H](c2ccccc2)c2c(C)nn(-c3ccccc3)c21. The Morgan fingerprint density at radius 3 is 2.32 bits per heavy atom. The largest absolute Gasteiger partial charge is 0.346 e. The molecule has 2 atom stereocenters. The van der Waals surface area contributed by atoms with Crippen molar-refractivity contribution in [3.8, 4) is 5.69 Å². The van der Waals surface area contributed by atoms with Crippen LogP contribution in [0.4, 0.5) is 5.82 Å². The van der Waals surface area contributed by atoms with Gasteiger partial charge in [0.25, 0.3) is 5.91 Å². The lowest BCUT2D eigenvalue weighted by Gasteiger charge is -2.37. The van der Waals surface area contributed by atoms with E-state index in [0.29, 0.717) is 13.0 Å². The topological polar surface area (TPSA) is 67.2 Å². The summed E-state index contributed by atoms with van der Waals surface area (Å²) in [5.41, 5.74) is 3.68. The number of likely N-dealkylation sites (N-methyl/N-ethyl adjacent to an activating group) is 1. The molecule has 1 aliphatic rings. The standard InChI is InChI=1S/C22H22N4O2/c1-3-25-21-18(15(2)24-26(21)17-12-8-5-9-13-17)19(16-10-6-4-7-11-16)20(22(25)28)23-14-27/h4-14,19-20H,3H2,1-2H3,(H,23,27)/t19-,20+/m1/s1. The molecule has 2 heterocycles. The number of aryl methyl sites for hydroxylation is 1. The van der Waals surface area contributed by atoms with Gasteiger partial charge in [-0.3, -0.25) is 14.5 Å². The molecule has 3 aromatic rings. The Balaban J connectivity index is 1.99. The first-order chi connectivity index (χ1) is 13.7. The van der Waals surface area contributed by atoms with Crippen molar-refractivity contribution in [1.82, 2.24) is 15.1 Å². The summed E-state index contributed by atoms with van der Waals surface area (Å²) in [4.78, 5) is 26.4. The van der Waals surface area contributed by atoms with Gasteiger partial charge in [-0.25, -0.2) is 4.68 Å². The summed E-state index contributed by atoms with van der Waals surface area (Å²) in [7, 11) is 0. The fourth-order valence-corrected chi connectivity index (χ4v) is 4.05. The number of carbonyl (C=O) groups is 2. The first-order valence-electron chi connectivity index (χ1n) is 9.38. The molecule has 2 amide bonds. The highest BCUT2D eigenvalue weighted by atomic mass is 16.2. The van der Waals surface area contributed by atoms with Crippen LogP contribution < -0.4 is 10.2 Å².